The predicted octanol–water partition coefficient (Wildman–Crippen LogP) is -2.31. The maximum absolute atomic E-state index is 12.3. The number of nitrogens with one attached hydrogen (secondary N) is 2. The molecule has 11 heteroatoms. The summed E-state index contributed by atoms with van der Waals surface area (Å²) in [7, 11) is 0. The zero-order valence-corrected chi connectivity index (χ0v) is 14.4. The van der Waals surface area contributed by atoms with Gasteiger partial charge in [0.25, 0.3) is 0 Å². The van der Waals surface area contributed by atoms with Crippen molar-refractivity contribution in [2.45, 2.75) is 50.3 Å². The fourth-order valence-corrected chi connectivity index (χ4v) is 3.12. The predicted molar refractivity (Wildman–Crippen MR) is 90.3 cm³/mol. The molecule has 0 radical (unpaired) electrons. The highest BCUT2D eigenvalue weighted by molar-refractivity contribution is 5.82. The summed E-state index contributed by atoms with van der Waals surface area (Å²) in [6.07, 6.45) is 1.38. The molecular weight excluding hydrogens is 342 g/mol. The van der Waals surface area contributed by atoms with Crippen LogP contribution < -0.4 is 21.4 Å². The summed E-state index contributed by atoms with van der Waals surface area (Å²) in [5, 5.41) is 22.7. The fourth-order valence-electron chi connectivity index (χ4n) is 3.12. The topological polar surface area (TPSA) is 176 Å². The molecule has 1 aliphatic heterocycles. The Morgan fingerprint density at radius 2 is 2.31 bits per heavy atom. The van der Waals surface area contributed by atoms with Crippen LogP contribution in [0.4, 0.5) is 5.82 Å². The number of ether oxygens (including phenoxy) is 1. The number of nitrogens with two attached hydrogens (primary N) is 2. The molecule has 26 heavy (non-hydrogen) atoms. The second kappa shape index (κ2) is 7.50. The first-order valence-corrected chi connectivity index (χ1v) is 8.47. The van der Waals surface area contributed by atoms with Crippen molar-refractivity contribution in [2.24, 2.45) is 5.73 Å². The van der Waals surface area contributed by atoms with E-state index in [0.717, 1.165) is 6.42 Å². The third-order valence-electron chi connectivity index (χ3n) is 4.52. The molecule has 0 saturated carbocycles. The highest BCUT2D eigenvalue weighted by Crippen LogP contribution is 2.27. The van der Waals surface area contributed by atoms with Crippen molar-refractivity contribution in [1.29, 1.82) is 0 Å². The van der Waals surface area contributed by atoms with Crippen molar-refractivity contribution in [3.8, 4) is 0 Å². The lowest BCUT2D eigenvalue weighted by atomic mass is 10.1. The molecule has 2 unspecified atom stereocenters. The molecule has 11 nitrogen and oxygen atoms in total. The number of nitrogens with zero attached hydrogens (tertiary/aromatic N) is 3. The number of amides is 1. The van der Waals surface area contributed by atoms with E-state index in [1.165, 1.54) is 6.33 Å². The van der Waals surface area contributed by atoms with Gasteiger partial charge in [-0.2, -0.15) is 4.98 Å². The Bertz CT molecular complexity index is 782. The monoisotopic (exact) mass is 366 g/mol. The first-order valence-electron chi connectivity index (χ1n) is 8.47. The molecule has 0 spiro atoms. The summed E-state index contributed by atoms with van der Waals surface area (Å²) < 4.78 is 7.35. The molecule has 1 fully saturated rings. The van der Waals surface area contributed by atoms with E-state index in [9.17, 15) is 15.0 Å². The van der Waals surface area contributed by atoms with Gasteiger partial charge in [0.2, 0.25) is 17.7 Å². The second-order valence-electron chi connectivity index (χ2n) is 6.31. The van der Waals surface area contributed by atoms with Gasteiger partial charge in [-0.1, -0.05) is 18.3 Å². The Balaban J connectivity index is 1.92. The van der Waals surface area contributed by atoms with E-state index in [1.54, 1.807) is 10.9 Å². The zero-order valence-electron chi connectivity index (χ0n) is 14.4. The lowest BCUT2D eigenvalue weighted by molar-refractivity contribution is -0.740. The SMILES string of the molecule is CCCC(N)C(=O)NC1[C@@H](O)[C@@H](CO)O[C@H]1[n+]1c[nH]c2c(N)ncnc21. The van der Waals surface area contributed by atoms with Gasteiger partial charge in [-0.05, 0) is 6.42 Å². The fraction of sp³-hybridized carbons (Fsp3) is 0.600. The maximum Gasteiger partial charge on any atom is 0.309 e. The van der Waals surface area contributed by atoms with Crippen LogP contribution in [0.3, 0.4) is 0 Å². The van der Waals surface area contributed by atoms with Crippen LogP contribution >= 0.6 is 0 Å². The normalized spacial score (nSPS) is 26.9. The molecule has 2 aromatic heterocycles. The van der Waals surface area contributed by atoms with Crippen LogP contribution in [0.1, 0.15) is 26.0 Å². The van der Waals surface area contributed by atoms with Gasteiger partial charge in [-0.3, -0.25) is 9.78 Å². The average Bonchev–Trinajstić information content (AvgIpc) is 3.18. The number of fused-ring (bicyclic) bond motifs is 1. The average molecular weight is 366 g/mol. The highest BCUT2D eigenvalue weighted by atomic mass is 16.5. The van der Waals surface area contributed by atoms with Crippen LogP contribution in [0.5, 0.6) is 0 Å². The Kier molecular flexibility index (Phi) is 5.32. The van der Waals surface area contributed by atoms with Gasteiger partial charge in [0.1, 0.15) is 18.2 Å². The number of aromatic amines is 1. The molecule has 8 N–H and O–H groups in total. The molecule has 1 saturated heterocycles. The zero-order chi connectivity index (χ0) is 18.8. The van der Waals surface area contributed by atoms with Crippen LogP contribution in [-0.2, 0) is 9.53 Å². The molecule has 5 atom stereocenters. The summed E-state index contributed by atoms with van der Waals surface area (Å²) in [6.45, 7) is 1.53. The number of hydrogen-bond donors (Lipinski definition) is 6. The Morgan fingerprint density at radius 3 is 3.00 bits per heavy atom. The number of hydrogen-bond acceptors (Lipinski definition) is 8. The molecule has 1 amide bonds. The number of nitrogen functional groups attached to an aromatic ring is 1. The largest absolute Gasteiger partial charge is 0.394 e. The molecule has 3 heterocycles. The van der Waals surface area contributed by atoms with Crippen LogP contribution in [0.15, 0.2) is 12.7 Å². The maximum atomic E-state index is 12.3. The number of imidazole rings is 1. The van der Waals surface area contributed by atoms with Gasteiger partial charge in [0, 0.05) is 0 Å². The van der Waals surface area contributed by atoms with Crippen molar-refractivity contribution in [1.82, 2.24) is 20.3 Å². The second-order valence-corrected chi connectivity index (χ2v) is 6.31. The van der Waals surface area contributed by atoms with Gasteiger partial charge in [-0.25, -0.2) is 4.57 Å². The molecule has 0 aliphatic carbocycles. The van der Waals surface area contributed by atoms with E-state index in [1.807, 2.05) is 6.92 Å². The number of H-pyrrole nitrogens is 1. The molecule has 0 bridgehead atoms. The standard InChI is InChI=1S/C15H23N7O4/c1-2-3-7(16)14(25)21-9-11(24)8(4-23)26-15(9)22-6-20-10-12(17)18-5-19-13(10)22/h5-9,11,15,23-24H,2-4,16H2,1H3,(H3,17,18,19,21,25)/p+1/t7?,8-,9?,11+,15-/m1/s1. The summed E-state index contributed by atoms with van der Waals surface area (Å²) in [4.78, 5) is 23.4. The lowest BCUT2D eigenvalue weighted by Gasteiger charge is -2.22. The molecular formula is C15H24N7O4+. The van der Waals surface area contributed by atoms with E-state index in [4.69, 9.17) is 16.2 Å². The Hall–Kier alpha value is -2.34. The van der Waals surface area contributed by atoms with Crippen molar-refractivity contribution in [3.63, 3.8) is 0 Å². The van der Waals surface area contributed by atoms with E-state index in [-0.39, 0.29) is 5.82 Å². The molecule has 2 aromatic rings. The Labute approximate surface area is 149 Å². The summed E-state index contributed by atoms with van der Waals surface area (Å²) >= 11 is 0. The van der Waals surface area contributed by atoms with Gasteiger partial charge in [0.05, 0.1) is 12.6 Å². The lowest BCUT2D eigenvalue weighted by Crippen LogP contribution is -2.56. The minimum absolute atomic E-state index is 0.261. The first-order chi connectivity index (χ1) is 12.5. The van der Waals surface area contributed by atoms with Crippen molar-refractivity contribution in [3.05, 3.63) is 12.7 Å². The number of carbonyl (C=O) groups excluding carboxylic acids is 1. The third kappa shape index (κ3) is 3.21. The highest BCUT2D eigenvalue weighted by Gasteiger charge is 2.48. The Morgan fingerprint density at radius 1 is 1.54 bits per heavy atom. The quantitative estimate of drug-likeness (QED) is 0.309. The van der Waals surface area contributed by atoms with Crippen LogP contribution in [0.2, 0.25) is 0 Å². The van der Waals surface area contributed by atoms with Gasteiger partial charge in [-0.15, -0.1) is 0 Å². The molecule has 3 rings (SSSR count). The van der Waals surface area contributed by atoms with Crippen LogP contribution in [-0.4, -0.2) is 62.0 Å². The number of carbonyl (C=O) groups is 1. The number of rotatable bonds is 6. The third-order valence-corrected chi connectivity index (χ3v) is 4.52. The van der Waals surface area contributed by atoms with Crippen molar-refractivity contribution < 1.29 is 24.3 Å². The molecule has 142 valence electrons. The number of aliphatic hydroxyl groups is 2. The van der Waals surface area contributed by atoms with Gasteiger partial charge < -0.3 is 31.7 Å². The van der Waals surface area contributed by atoms with E-state index in [2.05, 4.69) is 20.3 Å². The van der Waals surface area contributed by atoms with E-state index >= 15 is 0 Å². The van der Waals surface area contributed by atoms with Crippen molar-refractivity contribution in [2.75, 3.05) is 12.3 Å². The minimum atomic E-state index is -1.11. The van der Waals surface area contributed by atoms with E-state index in [0.29, 0.717) is 17.6 Å². The van der Waals surface area contributed by atoms with Gasteiger partial charge >= 0.3 is 5.65 Å². The smallest absolute Gasteiger partial charge is 0.309 e. The van der Waals surface area contributed by atoms with Crippen LogP contribution in [0.25, 0.3) is 11.2 Å². The van der Waals surface area contributed by atoms with Crippen molar-refractivity contribution >= 4 is 22.9 Å². The molecule has 1 aliphatic rings. The molecule has 0 aromatic carbocycles. The van der Waals surface area contributed by atoms with Crippen LogP contribution in [0, 0.1) is 0 Å². The van der Waals surface area contributed by atoms with E-state index < -0.39 is 43.0 Å². The number of anilines is 1. The summed E-state index contributed by atoms with van der Waals surface area (Å²) in [6, 6.07) is -1.50. The first kappa shape index (κ1) is 18.5. The van der Waals surface area contributed by atoms with Gasteiger partial charge in [0.15, 0.2) is 18.5 Å². The summed E-state index contributed by atoms with van der Waals surface area (Å²) in [5.74, 6) is -0.130. The minimum Gasteiger partial charge on any atom is -0.394 e. The number of aromatic nitrogens is 4. The number of aliphatic hydroxyl groups excluding tert-OH is 2. The summed E-state index contributed by atoms with van der Waals surface area (Å²) in [5.41, 5.74) is 12.6.